The fourth-order valence-electron chi connectivity index (χ4n) is 2.54. The highest BCUT2D eigenvalue weighted by molar-refractivity contribution is 5.66. The van der Waals surface area contributed by atoms with E-state index in [9.17, 15) is 5.26 Å². The summed E-state index contributed by atoms with van der Waals surface area (Å²) in [5.41, 5.74) is 9.01. The molecule has 8 heteroatoms. The summed E-state index contributed by atoms with van der Waals surface area (Å²) in [6.45, 7) is 3.43. The minimum absolute atomic E-state index is 0.0384. The molecule has 27 heavy (non-hydrogen) atoms. The van der Waals surface area contributed by atoms with Gasteiger partial charge in [-0.2, -0.15) is 21.0 Å². The summed E-state index contributed by atoms with van der Waals surface area (Å²) in [5.74, 6) is -0.0384. The van der Waals surface area contributed by atoms with Crippen molar-refractivity contribution in [2.45, 2.75) is 19.4 Å². The molecule has 0 radical (unpaired) electrons. The van der Waals surface area contributed by atoms with Crippen LogP contribution in [-0.2, 0) is 4.74 Å². The minimum Gasteiger partial charge on any atom is -0.480 e. The number of allylic oxidation sites excluding steroid dienone is 2. The average Bonchev–Trinajstić information content (AvgIpc) is 2.91. The Morgan fingerprint density at radius 2 is 1.85 bits per heavy atom. The van der Waals surface area contributed by atoms with E-state index in [0.29, 0.717) is 11.1 Å². The van der Waals surface area contributed by atoms with Crippen molar-refractivity contribution in [1.82, 2.24) is 0 Å². The Hall–Kier alpha value is -4.49. The number of nitriles is 4. The lowest BCUT2D eigenvalue weighted by Gasteiger charge is -2.20. The number of hydrogen-bond donors (Lipinski definition) is 0. The second-order valence-corrected chi connectivity index (χ2v) is 5.85. The maximum absolute atomic E-state index is 9.49. The summed E-state index contributed by atoms with van der Waals surface area (Å²) >= 11 is 0. The molecule has 1 aromatic carbocycles. The maximum Gasteiger partial charge on any atom is 0.172 e. The molecule has 0 aliphatic carbocycles. The third kappa shape index (κ3) is 3.63. The zero-order valence-corrected chi connectivity index (χ0v) is 14.4. The van der Waals surface area contributed by atoms with Crippen LogP contribution in [0.1, 0.15) is 25.0 Å². The maximum atomic E-state index is 9.49. The van der Waals surface area contributed by atoms with Crippen LogP contribution in [0.15, 0.2) is 51.9 Å². The molecule has 1 aliphatic rings. The minimum atomic E-state index is -0.918. The molecule has 0 fully saturated rings. The fraction of sp³-hybridized carbons (Fsp3) is 0.158. The number of ether oxygens (including phenoxy) is 1. The van der Waals surface area contributed by atoms with E-state index in [1.165, 1.54) is 6.07 Å². The zero-order valence-electron chi connectivity index (χ0n) is 14.4. The van der Waals surface area contributed by atoms with E-state index in [-0.39, 0.29) is 28.2 Å². The predicted octanol–water partition coefficient (Wildman–Crippen LogP) is 4.44. The fourth-order valence-corrected chi connectivity index (χ4v) is 2.54. The van der Waals surface area contributed by atoms with Gasteiger partial charge in [0.05, 0.1) is 17.3 Å². The van der Waals surface area contributed by atoms with Gasteiger partial charge in [0.25, 0.3) is 0 Å². The van der Waals surface area contributed by atoms with Crippen LogP contribution in [0.5, 0.6) is 0 Å². The van der Waals surface area contributed by atoms with E-state index in [1.54, 1.807) is 50.3 Å². The third-order valence-electron chi connectivity index (χ3n) is 3.80. The highest BCUT2D eigenvalue weighted by Crippen LogP contribution is 2.40. The smallest absolute Gasteiger partial charge is 0.172 e. The van der Waals surface area contributed by atoms with E-state index in [4.69, 9.17) is 26.1 Å². The molecular formula is C19H11N7O. The van der Waals surface area contributed by atoms with E-state index in [1.807, 2.05) is 12.1 Å². The lowest BCUT2D eigenvalue weighted by molar-refractivity contribution is 0.0954. The molecule has 0 aromatic heterocycles. The van der Waals surface area contributed by atoms with Crippen molar-refractivity contribution in [2.24, 2.45) is 5.11 Å². The SMILES string of the molecule is CC1(C)OC(=C(C#N)C#N)C(C#N)=C1/C=C/c1ccc(N=[N+]=[N-])c(C#N)c1. The molecular weight excluding hydrogens is 342 g/mol. The van der Waals surface area contributed by atoms with Gasteiger partial charge in [0.2, 0.25) is 0 Å². The van der Waals surface area contributed by atoms with Gasteiger partial charge in [-0.1, -0.05) is 29.4 Å². The average molecular weight is 353 g/mol. The lowest BCUT2D eigenvalue weighted by Crippen LogP contribution is -2.20. The summed E-state index contributed by atoms with van der Waals surface area (Å²) in [6.07, 6.45) is 3.31. The van der Waals surface area contributed by atoms with Crippen molar-refractivity contribution in [3.05, 3.63) is 68.3 Å². The Morgan fingerprint density at radius 3 is 2.41 bits per heavy atom. The molecule has 0 saturated heterocycles. The first-order valence-electron chi connectivity index (χ1n) is 7.57. The van der Waals surface area contributed by atoms with Gasteiger partial charge in [-0.25, -0.2) is 0 Å². The van der Waals surface area contributed by atoms with Crippen LogP contribution in [0.2, 0.25) is 0 Å². The van der Waals surface area contributed by atoms with Gasteiger partial charge in [-0.3, -0.25) is 0 Å². The second kappa shape index (κ2) is 7.60. The molecule has 1 heterocycles. The number of rotatable bonds is 3. The van der Waals surface area contributed by atoms with Gasteiger partial charge in [-0.15, -0.1) is 0 Å². The normalized spacial score (nSPS) is 14.4. The van der Waals surface area contributed by atoms with Gasteiger partial charge in [0, 0.05) is 10.5 Å². The van der Waals surface area contributed by atoms with Crippen LogP contribution in [0, 0.1) is 45.3 Å². The molecule has 0 saturated carbocycles. The Bertz CT molecular complexity index is 1100. The number of nitrogens with zero attached hydrogens (tertiary/aromatic N) is 7. The molecule has 0 spiro atoms. The van der Waals surface area contributed by atoms with E-state index in [0.717, 1.165) is 0 Å². The number of hydrogen-bond acceptors (Lipinski definition) is 6. The van der Waals surface area contributed by atoms with Crippen molar-refractivity contribution >= 4 is 11.8 Å². The lowest BCUT2D eigenvalue weighted by atomic mass is 9.94. The third-order valence-corrected chi connectivity index (χ3v) is 3.80. The summed E-state index contributed by atoms with van der Waals surface area (Å²) < 4.78 is 5.67. The summed E-state index contributed by atoms with van der Waals surface area (Å²) in [6, 6.07) is 12.1. The summed E-state index contributed by atoms with van der Waals surface area (Å²) in [4.78, 5) is 2.67. The predicted molar refractivity (Wildman–Crippen MR) is 95.1 cm³/mol. The Balaban J connectivity index is 2.57. The Morgan fingerprint density at radius 1 is 1.15 bits per heavy atom. The molecule has 1 aliphatic heterocycles. The van der Waals surface area contributed by atoms with Crippen LogP contribution >= 0.6 is 0 Å². The summed E-state index contributed by atoms with van der Waals surface area (Å²) in [5, 5.41) is 40.2. The molecule has 2 rings (SSSR count). The summed E-state index contributed by atoms with van der Waals surface area (Å²) in [7, 11) is 0. The van der Waals surface area contributed by atoms with Gasteiger partial charge in [0.1, 0.15) is 29.4 Å². The van der Waals surface area contributed by atoms with Crippen molar-refractivity contribution in [1.29, 1.82) is 21.0 Å². The van der Waals surface area contributed by atoms with Gasteiger partial charge in [0.15, 0.2) is 11.3 Å². The molecule has 0 atom stereocenters. The molecule has 0 bridgehead atoms. The van der Waals surface area contributed by atoms with Crippen molar-refractivity contribution in [3.8, 4) is 24.3 Å². The first kappa shape index (κ1) is 18.8. The second-order valence-electron chi connectivity index (χ2n) is 5.85. The number of benzene rings is 1. The largest absolute Gasteiger partial charge is 0.480 e. The van der Waals surface area contributed by atoms with E-state index < -0.39 is 5.60 Å². The quantitative estimate of drug-likeness (QED) is 0.340. The Labute approximate surface area is 155 Å². The van der Waals surface area contributed by atoms with Crippen LogP contribution in [-0.4, -0.2) is 5.60 Å². The first-order valence-corrected chi connectivity index (χ1v) is 7.57. The van der Waals surface area contributed by atoms with Crippen LogP contribution in [0.4, 0.5) is 5.69 Å². The molecule has 0 amide bonds. The van der Waals surface area contributed by atoms with Crippen molar-refractivity contribution in [2.75, 3.05) is 0 Å². The highest BCUT2D eigenvalue weighted by Gasteiger charge is 2.38. The van der Waals surface area contributed by atoms with E-state index >= 15 is 0 Å². The molecule has 8 nitrogen and oxygen atoms in total. The highest BCUT2D eigenvalue weighted by atomic mass is 16.5. The molecule has 128 valence electrons. The molecule has 0 N–H and O–H groups in total. The van der Waals surface area contributed by atoms with Crippen LogP contribution < -0.4 is 0 Å². The monoisotopic (exact) mass is 353 g/mol. The first-order chi connectivity index (χ1) is 12.9. The molecule has 0 unspecified atom stereocenters. The van der Waals surface area contributed by atoms with Crippen molar-refractivity contribution in [3.63, 3.8) is 0 Å². The van der Waals surface area contributed by atoms with E-state index in [2.05, 4.69) is 10.0 Å². The standard InChI is InChI=1S/C19H11N7O/c1-19(2)16(15(11-23)18(27-19)14(9-21)10-22)5-3-12-4-6-17(25-26-24)13(7-12)8-20/h3-7H,1-2H3/b5-3+. The topological polar surface area (TPSA) is 153 Å². The van der Waals surface area contributed by atoms with Crippen LogP contribution in [0.25, 0.3) is 16.5 Å². The Kier molecular flexibility index (Phi) is 5.30. The van der Waals surface area contributed by atoms with Crippen molar-refractivity contribution < 1.29 is 4.74 Å². The van der Waals surface area contributed by atoms with Gasteiger partial charge >= 0.3 is 0 Å². The van der Waals surface area contributed by atoms with Gasteiger partial charge < -0.3 is 4.74 Å². The van der Waals surface area contributed by atoms with Crippen LogP contribution in [0.3, 0.4) is 0 Å². The zero-order chi connectivity index (χ0) is 20.0. The van der Waals surface area contributed by atoms with Gasteiger partial charge in [-0.05, 0) is 31.0 Å². The molecule has 1 aromatic rings. The number of azide groups is 1.